The molecule has 0 radical (unpaired) electrons. The molecule has 0 fully saturated rings. The van der Waals surface area contributed by atoms with Crippen LogP contribution in [0.3, 0.4) is 0 Å². The highest BCUT2D eigenvalue weighted by atomic mass is 16.5. The lowest BCUT2D eigenvalue weighted by Gasteiger charge is -2.33. The number of nitrogens with zero attached hydrogens (tertiary/aromatic N) is 1. The highest BCUT2D eigenvalue weighted by molar-refractivity contribution is 5.78. The Labute approximate surface area is 132 Å². The third-order valence-electron chi connectivity index (χ3n) is 4.28. The molecule has 5 heteroatoms. The van der Waals surface area contributed by atoms with E-state index in [9.17, 15) is 4.79 Å². The standard InChI is InChI=1S/C17H26N2O3/c1-17(8-10-20,13-22-2)18-11-16(21)19-9-7-14-5-3-4-6-15(14)12-19/h3-6,18,20H,7-13H2,1-2H3. The van der Waals surface area contributed by atoms with Crippen molar-refractivity contribution >= 4 is 5.91 Å². The number of amides is 1. The molecular weight excluding hydrogens is 280 g/mol. The van der Waals surface area contributed by atoms with Crippen LogP contribution >= 0.6 is 0 Å². The Kier molecular flexibility index (Phi) is 5.94. The van der Waals surface area contributed by atoms with Gasteiger partial charge in [-0.1, -0.05) is 24.3 Å². The SMILES string of the molecule is COCC(C)(CCO)NCC(=O)N1CCc2ccccc2C1. The molecule has 0 aromatic heterocycles. The van der Waals surface area contributed by atoms with Crippen LogP contribution in [0.4, 0.5) is 0 Å². The molecule has 1 aliphatic rings. The molecule has 1 heterocycles. The molecular formula is C17H26N2O3. The lowest BCUT2D eigenvalue weighted by molar-refractivity contribution is -0.131. The van der Waals surface area contributed by atoms with E-state index >= 15 is 0 Å². The van der Waals surface area contributed by atoms with E-state index in [1.165, 1.54) is 11.1 Å². The van der Waals surface area contributed by atoms with Crippen molar-refractivity contribution in [2.45, 2.75) is 31.8 Å². The molecule has 1 unspecified atom stereocenters. The predicted molar refractivity (Wildman–Crippen MR) is 85.5 cm³/mol. The first-order chi connectivity index (χ1) is 10.6. The molecule has 5 nitrogen and oxygen atoms in total. The van der Waals surface area contributed by atoms with Crippen LogP contribution in [0.15, 0.2) is 24.3 Å². The van der Waals surface area contributed by atoms with Crippen molar-refractivity contribution in [3.8, 4) is 0 Å². The molecule has 0 saturated heterocycles. The smallest absolute Gasteiger partial charge is 0.236 e. The third kappa shape index (κ3) is 4.29. The number of fused-ring (bicyclic) bond motifs is 1. The van der Waals surface area contributed by atoms with Gasteiger partial charge in [0.1, 0.15) is 0 Å². The molecule has 1 aromatic rings. The zero-order valence-electron chi connectivity index (χ0n) is 13.5. The molecule has 1 amide bonds. The third-order valence-corrected chi connectivity index (χ3v) is 4.28. The van der Waals surface area contributed by atoms with E-state index in [0.717, 1.165) is 13.0 Å². The van der Waals surface area contributed by atoms with Gasteiger partial charge in [-0.25, -0.2) is 0 Å². The van der Waals surface area contributed by atoms with Crippen molar-refractivity contribution in [1.29, 1.82) is 0 Å². The van der Waals surface area contributed by atoms with Gasteiger partial charge in [0, 0.05) is 32.3 Å². The number of aliphatic hydroxyl groups is 1. The molecule has 22 heavy (non-hydrogen) atoms. The summed E-state index contributed by atoms with van der Waals surface area (Å²) in [4.78, 5) is 14.3. The highest BCUT2D eigenvalue weighted by Crippen LogP contribution is 2.18. The monoisotopic (exact) mass is 306 g/mol. The summed E-state index contributed by atoms with van der Waals surface area (Å²) in [5, 5.41) is 12.4. The van der Waals surface area contributed by atoms with E-state index in [0.29, 0.717) is 19.6 Å². The normalized spacial score (nSPS) is 17.0. The predicted octanol–water partition coefficient (Wildman–Crippen LogP) is 0.948. The highest BCUT2D eigenvalue weighted by Gasteiger charge is 2.26. The van der Waals surface area contributed by atoms with Crippen LogP contribution < -0.4 is 5.32 Å². The second kappa shape index (κ2) is 7.72. The number of methoxy groups -OCH3 is 1. The Balaban J connectivity index is 1.90. The van der Waals surface area contributed by atoms with Crippen molar-refractivity contribution in [1.82, 2.24) is 10.2 Å². The van der Waals surface area contributed by atoms with Crippen molar-refractivity contribution in [3.63, 3.8) is 0 Å². The number of hydrogen-bond donors (Lipinski definition) is 2. The average molecular weight is 306 g/mol. The fourth-order valence-electron chi connectivity index (χ4n) is 2.89. The van der Waals surface area contributed by atoms with Crippen molar-refractivity contribution < 1.29 is 14.6 Å². The summed E-state index contributed by atoms with van der Waals surface area (Å²) in [7, 11) is 1.63. The number of rotatable bonds is 7. The number of carbonyl (C=O) groups is 1. The van der Waals surface area contributed by atoms with Crippen LogP contribution in [0.2, 0.25) is 0 Å². The molecule has 2 rings (SSSR count). The number of benzene rings is 1. The van der Waals surface area contributed by atoms with E-state index < -0.39 is 0 Å². The number of ether oxygens (including phenoxy) is 1. The summed E-state index contributed by atoms with van der Waals surface area (Å²) in [6.07, 6.45) is 1.46. The second-order valence-electron chi connectivity index (χ2n) is 6.15. The van der Waals surface area contributed by atoms with E-state index in [4.69, 9.17) is 9.84 Å². The molecule has 0 bridgehead atoms. The molecule has 2 N–H and O–H groups in total. The van der Waals surface area contributed by atoms with E-state index in [1.54, 1.807) is 7.11 Å². The minimum absolute atomic E-state index is 0.0676. The molecule has 0 saturated carbocycles. The van der Waals surface area contributed by atoms with E-state index in [1.807, 2.05) is 24.0 Å². The Bertz CT molecular complexity index is 498. The Morgan fingerprint density at radius 1 is 1.41 bits per heavy atom. The van der Waals surface area contributed by atoms with Crippen molar-refractivity contribution in [3.05, 3.63) is 35.4 Å². The quantitative estimate of drug-likeness (QED) is 0.787. The van der Waals surface area contributed by atoms with Crippen LogP contribution in [0.1, 0.15) is 24.5 Å². The zero-order valence-corrected chi connectivity index (χ0v) is 13.5. The maximum absolute atomic E-state index is 12.4. The first-order valence-electron chi connectivity index (χ1n) is 7.77. The van der Waals surface area contributed by atoms with Gasteiger partial charge in [-0.05, 0) is 30.9 Å². The van der Waals surface area contributed by atoms with Crippen LogP contribution in [0.5, 0.6) is 0 Å². The summed E-state index contributed by atoms with van der Waals surface area (Å²) >= 11 is 0. The van der Waals surface area contributed by atoms with Gasteiger partial charge in [-0.3, -0.25) is 4.79 Å². The minimum atomic E-state index is -0.382. The van der Waals surface area contributed by atoms with Gasteiger partial charge in [-0.15, -0.1) is 0 Å². The first-order valence-corrected chi connectivity index (χ1v) is 7.77. The topological polar surface area (TPSA) is 61.8 Å². The molecule has 0 spiro atoms. The lowest BCUT2D eigenvalue weighted by atomic mass is 9.98. The Morgan fingerprint density at radius 2 is 2.14 bits per heavy atom. The molecule has 0 aliphatic carbocycles. The molecule has 1 atom stereocenters. The Morgan fingerprint density at radius 3 is 2.82 bits per heavy atom. The molecule has 1 aromatic carbocycles. The summed E-state index contributed by atoms with van der Waals surface area (Å²) in [6.45, 7) is 4.20. The van der Waals surface area contributed by atoms with Crippen LogP contribution in [0, 0.1) is 0 Å². The van der Waals surface area contributed by atoms with Gasteiger partial charge < -0.3 is 20.1 Å². The zero-order chi connectivity index (χ0) is 16.0. The largest absolute Gasteiger partial charge is 0.396 e. The van der Waals surface area contributed by atoms with Crippen LogP contribution in [-0.2, 0) is 22.5 Å². The van der Waals surface area contributed by atoms with Gasteiger partial charge in [0.2, 0.25) is 5.91 Å². The molecule has 1 aliphatic heterocycles. The number of aliphatic hydroxyl groups excluding tert-OH is 1. The van der Waals surface area contributed by atoms with Crippen molar-refractivity contribution in [2.75, 3.05) is 33.4 Å². The Hall–Kier alpha value is -1.43. The number of hydrogen-bond acceptors (Lipinski definition) is 4. The van der Waals surface area contributed by atoms with Gasteiger partial charge in [-0.2, -0.15) is 0 Å². The summed E-state index contributed by atoms with van der Waals surface area (Å²) in [6, 6.07) is 8.28. The number of nitrogens with one attached hydrogen (secondary N) is 1. The fourth-order valence-corrected chi connectivity index (χ4v) is 2.89. The van der Waals surface area contributed by atoms with Gasteiger partial charge in [0.15, 0.2) is 0 Å². The summed E-state index contributed by atoms with van der Waals surface area (Å²) in [5.74, 6) is 0.0924. The van der Waals surface area contributed by atoms with E-state index in [2.05, 4.69) is 17.4 Å². The summed E-state index contributed by atoms with van der Waals surface area (Å²) < 4.78 is 5.19. The number of carbonyl (C=O) groups excluding carboxylic acids is 1. The maximum Gasteiger partial charge on any atom is 0.236 e. The van der Waals surface area contributed by atoms with Gasteiger partial charge >= 0.3 is 0 Å². The average Bonchev–Trinajstić information content (AvgIpc) is 2.53. The van der Waals surface area contributed by atoms with Gasteiger partial charge in [0.05, 0.1) is 13.2 Å². The fraction of sp³-hybridized carbons (Fsp3) is 0.588. The first kappa shape index (κ1) is 16.9. The van der Waals surface area contributed by atoms with Crippen LogP contribution in [0.25, 0.3) is 0 Å². The second-order valence-corrected chi connectivity index (χ2v) is 6.15. The lowest BCUT2D eigenvalue weighted by Crippen LogP contribution is -2.51. The van der Waals surface area contributed by atoms with E-state index in [-0.39, 0.29) is 24.6 Å². The minimum Gasteiger partial charge on any atom is -0.396 e. The summed E-state index contributed by atoms with van der Waals surface area (Å²) in [5.41, 5.74) is 2.19. The maximum atomic E-state index is 12.4. The molecule has 122 valence electrons. The van der Waals surface area contributed by atoms with Crippen molar-refractivity contribution in [2.24, 2.45) is 0 Å². The van der Waals surface area contributed by atoms with Gasteiger partial charge in [0.25, 0.3) is 0 Å². The van der Waals surface area contributed by atoms with Crippen LogP contribution in [-0.4, -0.2) is 54.9 Å².